The van der Waals surface area contributed by atoms with Gasteiger partial charge in [0.15, 0.2) is 0 Å². The van der Waals surface area contributed by atoms with Gasteiger partial charge >= 0.3 is 35.5 Å². The summed E-state index contributed by atoms with van der Waals surface area (Å²) in [5.41, 5.74) is 0. The van der Waals surface area contributed by atoms with Crippen molar-refractivity contribution in [1.29, 1.82) is 0 Å². The van der Waals surface area contributed by atoms with Gasteiger partial charge in [-0.15, -0.1) is 0 Å². The Morgan fingerprint density at radius 2 is 1.67 bits per heavy atom. The summed E-state index contributed by atoms with van der Waals surface area (Å²) in [7, 11) is 0. The maximum atomic E-state index is 10.9. The Labute approximate surface area is 114 Å². The number of rotatable bonds is 7. The van der Waals surface area contributed by atoms with Crippen LogP contribution in [0.3, 0.4) is 0 Å². The van der Waals surface area contributed by atoms with Crippen molar-refractivity contribution in [2.45, 2.75) is 19.9 Å². The molecule has 0 rings (SSSR count). The van der Waals surface area contributed by atoms with Gasteiger partial charge in [0, 0.05) is 13.1 Å². The standard InChI is InChI=1S/C9H19NO4.Na.H/c1-7(2)8(9(13)14)10(3-5-11)4-6-12;;/h7-8,11-12H,3-6H2,1-2H3,(H,13,14);;/q;+1;-1. The van der Waals surface area contributed by atoms with E-state index in [1.54, 1.807) is 18.7 Å². The smallest absolute Gasteiger partial charge is 1.00 e. The van der Waals surface area contributed by atoms with Gasteiger partial charge < -0.3 is 16.7 Å². The van der Waals surface area contributed by atoms with Crippen LogP contribution in [-0.4, -0.2) is 58.5 Å². The summed E-state index contributed by atoms with van der Waals surface area (Å²) in [6.45, 7) is 3.96. The molecule has 0 heterocycles. The van der Waals surface area contributed by atoms with Crippen molar-refractivity contribution < 1.29 is 51.1 Å². The molecule has 6 heteroatoms. The third kappa shape index (κ3) is 6.50. The molecule has 0 bridgehead atoms. The van der Waals surface area contributed by atoms with Crippen LogP contribution in [0.15, 0.2) is 0 Å². The molecule has 0 aromatic carbocycles. The molecule has 1 unspecified atom stereocenters. The molecule has 1 atom stereocenters. The third-order valence-electron chi connectivity index (χ3n) is 2.05. The molecule has 0 spiro atoms. The van der Waals surface area contributed by atoms with E-state index in [1.165, 1.54) is 0 Å². The third-order valence-corrected chi connectivity index (χ3v) is 2.05. The fraction of sp³-hybridized carbons (Fsp3) is 0.889. The molecule has 5 nitrogen and oxygen atoms in total. The molecule has 0 aromatic rings. The summed E-state index contributed by atoms with van der Waals surface area (Å²) in [4.78, 5) is 12.5. The first-order chi connectivity index (χ1) is 6.54. The number of carbonyl (C=O) groups is 1. The number of carboxylic acid groups (broad SMARTS) is 1. The molecule has 0 aliphatic rings. The molecule has 0 radical (unpaired) electrons. The van der Waals surface area contributed by atoms with Crippen molar-refractivity contribution in [3.8, 4) is 0 Å². The Kier molecular flexibility index (Phi) is 11.3. The van der Waals surface area contributed by atoms with Crippen LogP contribution in [0.5, 0.6) is 0 Å². The fourth-order valence-electron chi connectivity index (χ4n) is 1.51. The number of hydrogen-bond donors (Lipinski definition) is 3. The average Bonchev–Trinajstić information content (AvgIpc) is 2.03. The first-order valence-electron chi connectivity index (χ1n) is 4.73. The second kappa shape index (κ2) is 9.57. The zero-order valence-corrected chi connectivity index (χ0v) is 11.7. The Hall–Kier alpha value is 0.350. The molecular formula is C9H20NNaO4. The average molecular weight is 229 g/mol. The molecule has 0 saturated heterocycles. The van der Waals surface area contributed by atoms with Gasteiger partial charge in [-0.1, -0.05) is 13.8 Å². The van der Waals surface area contributed by atoms with Crippen LogP contribution >= 0.6 is 0 Å². The summed E-state index contributed by atoms with van der Waals surface area (Å²) in [6.07, 6.45) is 0. The van der Waals surface area contributed by atoms with Gasteiger partial charge in [0.2, 0.25) is 0 Å². The van der Waals surface area contributed by atoms with E-state index >= 15 is 0 Å². The quantitative estimate of drug-likeness (QED) is 0.395. The number of aliphatic hydroxyl groups is 2. The van der Waals surface area contributed by atoms with E-state index in [9.17, 15) is 4.79 Å². The summed E-state index contributed by atoms with van der Waals surface area (Å²) in [5, 5.41) is 26.5. The SMILES string of the molecule is CC(C)C(C(=O)O)N(CCO)CCO.[H-].[Na+]. The molecule has 0 fully saturated rings. The van der Waals surface area contributed by atoms with E-state index in [0.29, 0.717) is 0 Å². The number of nitrogens with zero attached hydrogens (tertiary/aromatic N) is 1. The van der Waals surface area contributed by atoms with Gasteiger partial charge in [-0.05, 0) is 5.92 Å². The van der Waals surface area contributed by atoms with E-state index in [1.807, 2.05) is 0 Å². The molecule has 0 saturated carbocycles. The monoisotopic (exact) mass is 229 g/mol. The molecule has 86 valence electrons. The molecule has 0 aliphatic carbocycles. The van der Waals surface area contributed by atoms with Crippen LogP contribution in [0.4, 0.5) is 0 Å². The normalized spacial score (nSPS) is 12.7. The van der Waals surface area contributed by atoms with Gasteiger partial charge in [0.25, 0.3) is 0 Å². The van der Waals surface area contributed by atoms with Crippen molar-refractivity contribution >= 4 is 5.97 Å². The number of carboxylic acids is 1. The van der Waals surface area contributed by atoms with Crippen LogP contribution in [0.25, 0.3) is 0 Å². The maximum Gasteiger partial charge on any atom is 1.00 e. The number of hydrogen-bond acceptors (Lipinski definition) is 4. The molecule has 0 aromatic heterocycles. The molecular weight excluding hydrogens is 209 g/mol. The minimum atomic E-state index is -0.915. The zero-order chi connectivity index (χ0) is 11.1. The minimum absolute atomic E-state index is 0. The van der Waals surface area contributed by atoms with Crippen molar-refractivity contribution in [2.75, 3.05) is 26.3 Å². The predicted octanol–water partition coefficient (Wildman–Crippen LogP) is -3.50. The predicted molar refractivity (Wildman–Crippen MR) is 53.1 cm³/mol. The van der Waals surface area contributed by atoms with Crippen LogP contribution in [0.1, 0.15) is 15.3 Å². The second-order valence-corrected chi connectivity index (χ2v) is 3.51. The fourth-order valence-corrected chi connectivity index (χ4v) is 1.51. The van der Waals surface area contributed by atoms with Gasteiger partial charge in [-0.25, -0.2) is 0 Å². The zero-order valence-electron chi connectivity index (χ0n) is 10.7. The van der Waals surface area contributed by atoms with E-state index in [4.69, 9.17) is 15.3 Å². The van der Waals surface area contributed by atoms with Crippen LogP contribution in [0, 0.1) is 5.92 Å². The van der Waals surface area contributed by atoms with Crippen LogP contribution < -0.4 is 29.6 Å². The molecule has 15 heavy (non-hydrogen) atoms. The largest absolute Gasteiger partial charge is 1.00 e. The first-order valence-corrected chi connectivity index (χ1v) is 4.73. The first kappa shape index (κ1) is 17.7. The molecule has 0 amide bonds. The Bertz CT molecular complexity index is 177. The van der Waals surface area contributed by atoms with Crippen LogP contribution in [-0.2, 0) is 4.79 Å². The van der Waals surface area contributed by atoms with Crippen molar-refractivity contribution in [1.82, 2.24) is 4.90 Å². The van der Waals surface area contributed by atoms with E-state index in [2.05, 4.69) is 0 Å². The number of aliphatic carboxylic acids is 1. The Morgan fingerprint density at radius 1 is 1.27 bits per heavy atom. The summed E-state index contributed by atoms with van der Waals surface area (Å²) < 4.78 is 0. The number of aliphatic hydroxyl groups excluding tert-OH is 2. The van der Waals surface area contributed by atoms with Gasteiger partial charge in [0.1, 0.15) is 6.04 Å². The topological polar surface area (TPSA) is 81.0 Å². The molecule has 0 aliphatic heterocycles. The second-order valence-electron chi connectivity index (χ2n) is 3.51. The van der Waals surface area contributed by atoms with Crippen molar-refractivity contribution in [2.24, 2.45) is 5.92 Å². The minimum Gasteiger partial charge on any atom is -1.00 e. The van der Waals surface area contributed by atoms with Crippen molar-refractivity contribution in [3.05, 3.63) is 0 Å². The van der Waals surface area contributed by atoms with E-state index in [-0.39, 0.29) is 63.2 Å². The van der Waals surface area contributed by atoms with Crippen LogP contribution in [0.2, 0.25) is 0 Å². The van der Waals surface area contributed by atoms with E-state index in [0.717, 1.165) is 0 Å². The van der Waals surface area contributed by atoms with Gasteiger partial charge in [0.05, 0.1) is 13.2 Å². The van der Waals surface area contributed by atoms with Gasteiger partial charge in [-0.2, -0.15) is 0 Å². The van der Waals surface area contributed by atoms with Crippen molar-refractivity contribution in [3.63, 3.8) is 0 Å². The molecule has 3 N–H and O–H groups in total. The Morgan fingerprint density at radius 3 is 1.87 bits per heavy atom. The maximum absolute atomic E-state index is 10.9. The van der Waals surface area contributed by atoms with E-state index < -0.39 is 12.0 Å². The summed E-state index contributed by atoms with van der Waals surface area (Å²) >= 11 is 0. The summed E-state index contributed by atoms with van der Waals surface area (Å²) in [5.74, 6) is -0.965. The summed E-state index contributed by atoms with van der Waals surface area (Å²) in [6, 6.07) is -0.644. The van der Waals surface area contributed by atoms with Gasteiger partial charge in [-0.3, -0.25) is 9.69 Å². The Balaban J connectivity index is -0.000000845.